The van der Waals surface area contributed by atoms with E-state index < -0.39 is 6.09 Å². The molecule has 1 rings (SSSR count). The molecular weight excluding hydrogens is 244 g/mol. The summed E-state index contributed by atoms with van der Waals surface area (Å²) in [6.45, 7) is 8.42. The van der Waals surface area contributed by atoms with Crippen LogP contribution in [0.25, 0.3) is 0 Å². The number of rotatable bonds is 5. The topological polar surface area (TPSA) is 75.8 Å². The maximum absolute atomic E-state index is 11.4. The van der Waals surface area contributed by atoms with Crippen LogP contribution in [0.3, 0.4) is 0 Å². The lowest BCUT2D eigenvalue weighted by Gasteiger charge is -2.36. The van der Waals surface area contributed by atoms with Crippen LogP contribution in [0.4, 0.5) is 4.79 Å². The van der Waals surface area contributed by atoms with Crippen LogP contribution in [0.15, 0.2) is 0 Å². The zero-order chi connectivity index (χ0) is 14.5. The highest BCUT2D eigenvalue weighted by atomic mass is 16.5. The zero-order valence-corrected chi connectivity index (χ0v) is 12.4. The molecule has 5 nitrogen and oxygen atoms in total. The van der Waals surface area contributed by atoms with Gasteiger partial charge in [0.05, 0.1) is 0 Å². The standard InChI is InChI=1S/C14H28N2O3/c1-14(2,3)16(13(17)18)9-12(8-15)7-11-5-4-6-19-10-11/h11-12H,4-10,15H2,1-3H3,(H,17,18)/t11-,12?/m1/s1. The lowest BCUT2D eigenvalue weighted by atomic mass is 9.89. The average molecular weight is 272 g/mol. The summed E-state index contributed by atoms with van der Waals surface area (Å²) in [5.74, 6) is 0.736. The number of carboxylic acid groups (broad SMARTS) is 1. The summed E-state index contributed by atoms with van der Waals surface area (Å²) < 4.78 is 5.48. The largest absolute Gasteiger partial charge is 0.465 e. The summed E-state index contributed by atoms with van der Waals surface area (Å²) >= 11 is 0. The summed E-state index contributed by atoms with van der Waals surface area (Å²) in [6, 6.07) is 0. The molecule has 1 amide bonds. The van der Waals surface area contributed by atoms with Crippen molar-refractivity contribution in [2.45, 2.75) is 45.6 Å². The van der Waals surface area contributed by atoms with Crippen LogP contribution in [0, 0.1) is 11.8 Å². The van der Waals surface area contributed by atoms with Crippen LogP contribution in [0.5, 0.6) is 0 Å². The molecule has 0 aliphatic carbocycles. The summed E-state index contributed by atoms with van der Waals surface area (Å²) in [7, 11) is 0. The SMILES string of the molecule is CC(C)(C)N(CC(CN)C[C@H]1CCCOC1)C(=O)O. The van der Waals surface area contributed by atoms with Crippen molar-refractivity contribution < 1.29 is 14.6 Å². The molecule has 3 N–H and O–H groups in total. The van der Waals surface area contributed by atoms with Gasteiger partial charge in [0.25, 0.3) is 0 Å². The Kier molecular flexibility index (Phi) is 6.07. The molecule has 0 aromatic rings. The van der Waals surface area contributed by atoms with Crippen molar-refractivity contribution in [1.29, 1.82) is 0 Å². The minimum atomic E-state index is -0.870. The van der Waals surface area contributed by atoms with Crippen molar-refractivity contribution in [1.82, 2.24) is 4.90 Å². The van der Waals surface area contributed by atoms with Gasteiger partial charge in [-0.15, -0.1) is 0 Å². The Morgan fingerprint density at radius 3 is 2.63 bits per heavy atom. The van der Waals surface area contributed by atoms with E-state index in [0.29, 0.717) is 19.0 Å². The normalized spacial score (nSPS) is 22.0. The van der Waals surface area contributed by atoms with Gasteiger partial charge in [-0.2, -0.15) is 0 Å². The monoisotopic (exact) mass is 272 g/mol. The van der Waals surface area contributed by atoms with Gasteiger partial charge in [0.1, 0.15) is 0 Å². The summed E-state index contributed by atoms with van der Waals surface area (Å²) in [6.07, 6.45) is 2.35. The Morgan fingerprint density at radius 1 is 1.53 bits per heavy atom. The quantitative estimate of drug-likeness (QED) is 0.804. The molecule has 1 aliphatic heterocycles. The van der Waals surface area contributed by atoms with Crippen molar-refractivity contribution >= 4 is 6.09 Å². The first-order valence-electron chi connectivity index (χ1n) is 7.13. The van der Waals surface area contributed by atoms with Gasteiger partial charge < -0.3 is 20.5 Å². The van der Waals surface area contributed by atoms with Crippen molar-refractivity contribution in [3.05, 3.63) is 0 Å². The van der Waals surface area contributed by atoms with Gasteiger partial charge in [-0.25, -0.2) is 4.79 Å². The minimum Gasteiger partial charge on any atom is -0.465 e. The third kappa shape index (κ3) is 5.37. The number of hydrogen-bond donors (Lipinski definition) is 2. The predicted octanol–water partition coefficient (Wildman–Crippen LogP) is 2.16. The van der Waals surface area contributed by atoms with E-state index >= 15 is 0 Å². The van der Waals surface area contributed by atoms with E-state index in [2.05, 4.69) is 0 Å². The van der Waals surface area contributed by atoms with Crippen LogP contribution < -0.4 is 5.73 Å². The molecule has 0 aromatic carbocycles. The lowest BCUT2D eigenvalue weighted by Crippen LogP contribution is -2.48. The Morgan fingerprint density at radius 2 is 2.21 bits per heavy atom. The van der Waals surface area contributed by atoms with Gasteiger partial charge in [-0.3, -0.25) is 0 Å². The molecule has 5 heteroatoms. The van der Waals surface area contributed by atoms with Crippen molar-refractivity contribution in [2.75, 3.05) is 26.3 Å². The third-order valence-electron chi connectivity index (χ3n) is 3.74. The van der Waals surface area contributed by atoms with Crippen LogP contribution >= 0.6 is 0 Å². The molecule has 1 saturated heterocycles. The summed E-state index contributed by atoms with van der Waals surface area (Å²) in [5, 5.41) is 9.32. The highest BCUT2D eigenvalue weighted by Gasteiger charge is 2.29. The first-order valence-corrected chi connectivity index (χ1v) is 7.13. The Labute approximate surface area is 116 Å². The fourth-order valence-corrected chi connectivity index (χ4v) is 2.61. The van der Waals surface area contributed by atoms with E-state index in [4.69, 9.17) is 10.5 Å². The molecule has 0 saturated carbocycles. The second-order valence-electron chi connectivity index (χ2n) is 6.48. The molecule has 1 unspecified atom stereocenters. The molecule has 1 aliphatic rings. The van der Waals surface area contributed by atoms with Crippen molar-refractivity contribution in [3.8, 4) is 0 Å². The van der Waals surface area contributed by atoms with E-state index in [1.807, 2.05) is 20.8 Å². The molecule has 0 aromatic heterocycles. The van der Waals surface area contributed by atoms with Crippen LogP contribution in [-0.2, 0) is 4.74 Å². The Hall–Kier alpha value is -0.810. The van der Waals surface area contributed by atoms with Crippen LogP contribution in [-0.4, -0.2) is 47.9 Å². The summed E-state index contributed by atoms with van der Waals surface area (Å²) in [5.41, 5.74) is 5.43. The highest BCUT2D eigenvalue weighted by molar-refractivity contribution is 5.66. The highest BCUT2D eigenvalue weighted by Crippen LogP contribution is 2.24. The van der Waals surface area contributed by atoms with Gasteiger partial charge >= 0.3 is 6.09 Å². The smallest absolute Gasteiger partial charge is 0.407 e. The molecule has 0 radical (unpaired) electrons. The van der Waals surface area contributed by atoms with Crippen LogP contribution in [0.2, 0.25) is 0 Å². The Bertz CT molecular complexity index is 283. The molecule has 2 atom stereocenters. The number of ether oxygens (including phenoxy) is 1. The number of nitrogens with two attached hydrogens (primary N) is 1. The van der Waals surface area contributed by atoms with Gasteiger partial charge in [0.15, 0.2) is 0 Å². The van der Waals surface area contributed by atoms with E-state index in [1.165, 1.54) is 11.3 Å². The van der Waals surface area contributed by atoms with Crippen molar-refractivity contribution in [3.63, 3.8) is 0 Å². The van der Waals surface area contributed by atoms with E-state index in [9.17, 15) is 9.90 Å². The van der Waals surface area contributed by atoms with E-state index in [0.717, 1.165) is 26.1 Å². The number of nitrogens with zero attached hydrogens (tertiary/aromatic N) is 1. The zero-order valence-electron chi connectivity index (χ0n) is 12.4. The second kappa shape index (κ2) is 7.10. The third-order valence-corrected chi connectivity index (χ3v) is 3.74. The van der Waals surface area contributed by atoms with Gasteiger partial charge in [0.2, 0.25) is 0 Å². The number of carbonyl (C=O) groups is 1. The van der Waals surface area contributed by atoms with Gasteiger partial charge in [-0.05, 0) is 58.4 Å². The fourth-order valence-electron chi connectivity index (χ4n) is 2.61. The van der Waals surface area contributed by atoms with E-state index in [-0.39, 0.29) is 11.5 Å². The first-order chi connectivity index (χ1) is 8.84. The van der Waals surface area contributed by atoms with Crippen molar-refractivity contribution in [2.24, 2.45) is 17.6 Å². The molecule has 1 heterocycles. The second-order valence-corrected chi connectivity index (χ2v) is 6.48. The predicted molar refractivity (Wildman–Crippen MR) is 75.2 cm³/mol. The average Bonchev–Trinajstić information content (AvgIpc) is 2.33. The first kappa shape index (κ1) is 16.2. The molecular formula is C14H28N2O3. The molecule has 0 bridgehead atoms. The van der Waals surface area contributed by atoms with Gasteiger partial charge in [-0.1, -0.05) is 0 Å². The maximum Gasteiger partial charge on any atom is 0.407 e. The minimum absolute atomic E-state index is 0.210. The molecule has 1 fully saturated rings. The molecule has 19 heavy (non-hydrogen) atoms. The maximum atomic E-state index is 11.4. The van der Waals surface area contributed by atoms with Gasteiger partial charge in [0, 0.05) is 25.3 Å². The Balaban J connectivity index is 2.55. The van der Waals surface area contributed by atoms with E-state index in [1.54, 1.807) is 0 Å². The fraction of sp³-hybridized carbons (Fsp3) is 0.929. The lowest BCUT2D eigenvalue weighted by molar-refractivity contribution is 0.0383. The van der Waals surface area contributed by atoms with Crippen LogP contribution in [0.1, 0.15) is 40.0 Å². The number of amides is 1. The molecule has 0 spiro atoms. The summed E-state index contributed by atoms with van der Waals surface area (Å²) in [4.78, 5) is 12.8. The number of hydrogen-bond acceptors (Lipinski definition) is 3. The molecule has 112 valence electrons.